The zero-order valence-electron chi connectivity index (χ0n) is 16.5. The molecule has 2 aromatic heterocycles. The maximum Gasteiger partial charge on any atom is 0.255 e. The van der Waals surface area contributed by atoms with Crippen molar-refractivity contribution in [3.05, 3.63) is 39.5 Å². The molecular formula is C20H28N4OS2. The van der Waals surface area contributed by atoms with Crippen molar-refractivity contribution in [3.63, 3.8) is 0 Å². The normalized spacial score (nSPS) is 16.0. The third kappa shape index (κ3) is 4.70. The second kappa shape index (κ2) is 9.17. The van der Waals surface area contributed by atoms with Gasteiger partial charge in [0.2, 0.25) is 0 Å². The zero-order chi connectivity index (χ0) is 19.4. The molecule has 1 aliphatic heterocycles. The number of amides is 1. The van der Waals surface area contributed by atoms with Gasteiger partial charge in [0.15, 0.2) is 0 Å². The first kappa shape index (κ1) is 20.3. The Labute approximate surface area is 170 Å². The van der Waals surface area contributed by atoms with Crippen molar-refractivity contribution in [2.24, 2.45) is 0 Å². The third-order valence-corrected chi connectivity index (χ3v) is 6.58. The van der Waals surface area contributed by atoms with Crippen LogP contribution in [-0.4, -0.2) is 46.7 Å². The Bertz CT molecular complexity index is 771. The summed E-state index contributed by atoms with van der Waals surface area (Å²) in [4.78, 5) is 26.0. The van der Waals surface area contributed by atoms with Crippen LogP contribution in [0.1, 0.15) is 65.4 Å². The molecule has 1 fully saturated rings. The van der Waals surface area contributed by atoms with Crippen LogP contribution in [-0.2, 0) is 0 Å². The lowest BCUT2D eigenvalue weighted by Gasteiger charge is -2.27. The molecule has 3 heterocycles. The summed E-state index contributed by atoms with van der Waals surface area (Å²) < 4.78 is 0. The van der Waals surface area contributed by atoms with E-state index in [2.05, 4.69) is 51.5 Å². The Kier molecular flexibility index (Phi) is 6.89. The highest BCUT2D eigenvalue weighted by Gasteiger charge is 2.26. The van der Waals surface area contributed by atoms with Gasteiger partial charge >= 0.3 is 0 Å². The Morgan fingerprint density at radius 3 is 2.67 bits per heavy atom. The number of hydrogen-bond acceptors (Lipinski definition) is 6. The van der Waals surface area contributed by atoms with E-state index in [0.717, 1.165) is 29.6 Å². The summed E-state index contributed by atoms with van der Waals surface area (Å²) in [6, 6.07) is 4.49. The van der Waals surface area contributed by atoms with Crippen LogP contribution in [0.4, 0.5) is 0 Å². The van der Waals surface area contributed by atoms with Gasteiger partial charge in [0.1, 0.15) is 10.9 Å². The quantitative estimate of drug-likeness (QED) is 0.552. The molecule has 146 valence electrons. The van der Waals surface area contributed by atoms with Crippen LogP contribution in [0.2, 0.25) is 0 Å². The van der Waals surface area contributed by atoms with Gasteiger partial charge < -0.3 is 5.32 Å². The number of rotatable bonds is 7. The smallest absolute Gasteiger partial charge is 0.255 e. The molecule has 1 atom stereocenters. The highest BCUT2D eigenvalue weighted by molar-refractivity contribution is 7.98. The molecule has 5 nitrogen and oxygen atoms in total. The van der Waals surface area contributed by atoms with E-state index < -0.39 is 0 Å². The van der Waals surface area contributed by atoms with E-state index >= 15 is 0 Å². The molecule has 1 N–H and O–H groups in total. The Hall–Kier alpha value is -1.44. The number of aryl methyl sites for hydroxylation is 1. The lowest BCUT2D eigenvalue weighted by Crippen LogP contribution is -2.37. The van der Waals surface area contributed by atoms with Gasteiger partial charge in [0, 0.05) is 17.3 Å². The van der Waals surface area contributed by atoms with Crippen molar-refractivity contribution in [1.29, 1.82) is 0 Å². The molecule has 0 aromatic carbocycles. The van der Waals surface area contributed by atoms with Crippen LogP contribution in [0.5, 0.6) is 0 Å². The van der Waals surface area contributed by atoms with Crippen molar-refractivity contribution in [1.82, 2.24) is 20.2 Å². The number of nitrogens with zero attached hydrogens (tertiary/aromatic N) is 3. The van der Waals surface area contributed by atoms with Crippen molar-refractivity contribution in [2.45, 2.75) is 50.6 Å². The first-order valence-corrected chi connectivity index (χ1v) is 11.6. The number of carbonyl (C=O) groups excluding carboxylic acids is 1. The fourth-order valence-corrected chi connectivity index (χ4v) is 4.95. The maximum absolute atomic E-state index is 13.0. The van der Waals surface area contributed by atoms with E-state index in [1.165, 1.54) is 29.5 Å². The highest BCUT2D eigenvalue weighted by Crippen LogP contribution is 2.28. The highest BCUT2D eigenvalue weighted by atomic mass is 32.2. The molecule has 27 heavy (non-hydrogen) atoms. The molecule has 0 spiro atoms. The van der Waals surface area contributed by atoms with Gasteiger partial charge in [-0.2, -0.15) is 0 Å². The maximum atomic E-state index is 13.0. The van der Waals surface area contributed by atoms with Gasteiger partial charge in [0.25, 0.3) is 5.91 Å². The van der Waals surface area contributed by atoms with Crippen molar-refractivity contribution in [3.8, 4) is 0 Å². The SMILES string of the molecule is CSc1nc(C(C)C)nc(C)c1C(=O)NCC(c1cccs1)N1CCCC1. The molecular weight excluding hydrogens is 376 g/mol. The summed E-state index contributed by atoms with van der Waals surface area (Å²) in [5, 5.41) is 6.03. The van der Waals surface area contributed by atoms with Gasteiger partial charge in [-0.1, -0.05) is 19.9 Å². The Morgan fingerprint density at radius 1 is 1.33 bits per heavy atom. The molecule has 1 saturated heterocycles. The van der Waals surface area contributed by atoms with Crippen LogP contribution in [0.15, 0.2) is 22.5 Å². The average molecular weight is 405 g/mol. The van der Waals surface area contributed by atoms with Crippen LogP contribution >= 0.6 is 23.1 Å². The summed E-state index contributed by atoms with van der Waals surface area (Å²) in [5.41, 5.74) is 1.36. The fraction of sp³-hybridized carbons (Fsp3) is 0.550. The molecule has 1 amide bonds. The predicted octanol–water partition coefficient (Wildman–Crippen LogP) is 4.26. The molecule has 1 unspecified atom stereocenters. The fourth-order valence-electron chi connectivity index (χ4n) is 3.46. The molecule has 2 aromatic rings. The summed E-state index contributed by atoms with van der Waals surface area (Å²) in [6.07, 6.45) is 4.42. The van der Waals surface area contributed by atoms with Crippen molar-refractivity contribution < 1.29 is 4.79 Å². The van der Waals surface area contributed by atoms with Crippen LogP contribution < -0.4 is 5.32 Å². The van der Waals surface area contributed by atoms with E-state index in [-0.39, 0.29) is 17.9 Å². The van der Waals surface area contributed by atoms with Gasteiger partial charge in [-0.25, -0.2) is 9.97 Å². The average Bonchev–Trinajstić information content (AvgIpc) is 3.35. The van der Waals surface area contributed by atoms with Crippen molar-refractivity contribution >= 4 is 29.0 Å². The summed E-state index contributed by atoms with van der Waals surface area (Å²) in [6.45, 7) is 8.85. The monoisotopic (exact) mass is 404 g/mol. The zero-order valence-corrected chi connectivity index (χ0v) is 18.1. The summed E-state index contributed by atoms with van der Waals surface area (Å²) >= 11 is 3.27. The van der Waals surface area contributed by atoms with Gasteiger partial charge in [-0.3, -0.25) is 9.69 Å². The third-order valence-electron chi connectivity index (χ3n) is 4.92. The minimum atomic E-state index is -0.0760. The van der Waals surface area contributed by atoms with Crippen LogP contribution in [0.3, 0.4) is 0 Å². The lowest BCUT2D eigenvalue weighted by atomic mass is 10.1. The number of thioether (sulfide) groups is 1. The van der Waals surface area contributed by atoms with Crippen LogP contribution in [0.25, 0.3) is 0 Å². The second-order valence-corrected chi connectivity index (χ2v) is 8.96. The van der Waals surface area contributed by atoms with E-state index in [9.17, 15) is 4.79 Å². The Morgan fingerprint density at radius 2 is 2.07 bits per heavy atom. The second-order valence-electron chi connectivity index (χ2n) is 7.19. The van der Waals surface area contributed by atoms with E-state index in [1.54, 1.807) is 11.3 Å². The van der Waals surface area contributed by atoms with Gasteiger partial charge in [-0.05, 0) is 50.6 Å². The summed E-state index contributed by atoms with van der Waals surface area (Å²) in [5.74, 6) is 0.958. The van der Waals surface area contributed by atoms with Crippen LogP contribution in [0, 0.1) is 6.92 Å². The molecule has 3 rings (SSSR count). The molecule has 0 saturated carbocycles. The lowest BCUT2D eigenvalue weighted by molar-refractivity contribution is 0.0933. The van der Waals surface area contributed by atoms with Gasteiger partial charge in [0.05, 0.1) is 17.3 Å². The largest absolute Gasteiger partial charge is 0.350 e. The van der Waals surface area contributed by atoms with E-state index in [0.29, 0.717) is 12.1 Å². The molecule has 0 aliphatic carbocycles. The molecule has 1 aliphatic rings. The molecule has 0 radical (unpaired) electrons. The first-order chi connectivity index (χ1) is 13.0. The number of hydrogen-bond donors (Lipinski definition) is 1. The number of likely N-dealkylation sites (tertiary alicyclic amines) is 1. The summed E-state index contributed by atoms with van der Waals surface area (Å²) in [7, 11) is 0. The molecule has 7 heteroatoms. The van der Waals surface area contributed by atoms with Gasteiger partial charge in [-0.15, -0.1) is 23.1 Å². The predicted molar refractivity (Wildman–Crippen MR) is 113 cm³/mol. The number of aromatic nitrogens is 2. The minimum Gasteiger partial charge on any atom is -0.350 e. The topological polar surface area (TPSA) is 58.1 Å². The minimum absolute atomic E-state index is 0.0760. The Balaban J connectivity index is 1.78. The number of thiophene rings is 1. The standard InChI is InChI=1S/C20H28N4OS2/c1-13(2)18-22-14(3)17(20(23-18)26-4)19(25)21-12-15(16-8-7-11-27-16)24-9-5-6-10-24/h7-8,11,13,15H,5-6,9-10,12H2,1-4H3,(H,21,25). The van der Waals surface area contributed by atoms with E-state index in [4.69, 9.17) is 0 Å². The van der Waals surface area contributed by atoms with Crippen molar-refractivity contribution in [2.75, 3.05) is 25.9 Å². The number of nitrogens with one attached hydrogen (secondary N) is 1. The first-order valence-electron chi connectivity index (χ1n) is 9.49. The van der Waals surface area contributed by atoms with E-state index in [1.807, 2.05) is 13.2 Å². The molecule has 0 bridgehead atoms. The number of carbonyl (C=O) groups is 1.